The van der Waals surface area contributed by atoms with Crippen molar-refractivity contribution in [1.82, 2.24) is 5.32 Å². The lowest BCUT2D eigenvalue weighted by Gasteiger charge is -2.26. The van der Waals surface area contributed by atoms with Crippen molar-refractivity contribution in [2.45, 2.75) is 45.3 Å². The van der Waals surface area contributed by atoms with Gasteiger partial charge in [0, 0.05) is 11.0 Å². The lowest BCUT2D eigenvalue weighted by Crippen LogP contribution is -2.47. The quantitative estimate of drug-likeness (QED) is 0.519. The van der Waals surface area contributed by atoms with Crippen LogP contribution >= 0.6 is 15.9 Å². The van der Waals surface area contributed by atoms with Crippen molar-refractivity contribution >= 4 is 27.5 Å². The van der Waals surface area contributed by atoms with Crippen molar-refractivity contribution in [3.05, 3.63) is 29.8 Å². The van der Waals surface area contributed by atoms with E-state index in [1.165, 1.54) is 0 Å². The summed E-state index contributed by atoms with van der Waals surface area (Å²) in [6.45, 7) is 7.81. The van der Waals surface area contributed by atoms with Gasteiger partial charge < -0.3 is 10.4 Å². The number of hydrogen-bond acceptors (Lipinski definition) is 3. The number of anilines is 1. The summed E-state index contributed by atoms with van der Waals surface area (Å²) in [5, 5.41) is 16.6. The monoisotopic (exact) mass is 356 g/mol. The molecule has 0 unspecified atom stereocenters. The summed E-state index contributed by atoms with van der Waals surface area (Å²) < 4.78 is 0. The van der Waals surface area contributed by atoms with Gasteiger partial charge in [-0.25, -0.2) is 0 Å². The Morgan fingerprint density at radius 3 is 2.24 bits per heavy atom. The molecule has 0 saturated heterocycles. The standard InChI is InChI=1S/C16H25BrN2O2/c1-10(2)11(3)15(20)18-12(4)16(21)19-14-7-5-13(9-17)6-8-14/h5-8,10-12,15,18,20H,9H2,1-4H3,(H,19,21)/t11-,12-,15-/m0/s1. The van der Waals surface area contributed by atoms with E-state index in [4.69, 9.17) is 0 Å². The Kier molecular flexibility index (Phi) is 7.35. The summed E-state index contributed by atoms with van der Waals surface area (Å²) in [5.74, 6) is 0.273. The Labute approximate surface area is 135 Å². The highest BCUT2D eigenvalue weighted by Crippen LogP contribution is 2.14. The molecule has 0 fully saturated rings. The first-order valence-corrected chi connectivity index (χ1v) is 8.37. The zero-order valence-corrected chi connectivity index (χ0v) is 14.6. The van der Waals surface area contributed by atoms with Gasteiger partial charge in [0.2, 0.25) is 5.91 Å². The lowest BCUT2D eigenvalue weighted by atomic mass is 9.96. The van der Waals surface area contributed by atoms with Gasteiger partial charge in [0.1, 0.15) is 6.23 Å². The minimum atomic E-state index is -0.693. The number of alkyl halides is 1. The lowest BCUT2D eigenvalue weighted by molar-refractivity contribution is -0.119. The molecule has 4 nitrogen and oxygen atoms in total. The van der Waals surface area contributed by atoms with Crippen molar-refractivity contribution < 1.29 is 9.90 Å². The summed E-state index contributed by atoms with van der Waals surface area (Å²) in [4.78, 5) is 12.1. The van der Waals surface area contributed by atoms with E-state index in [0.717, 1.165) is 16.6 Å². The molecule has 0 radical (unpaired) electrons. The van der Waals surface area contributed by atoms with Crippen LogP contribution < -0.4 is 10.6 Å². The molecule has 0 aliphatic carbocycles. The van der Waals surface area contributed by atoms with Crippen LogP contribution in [0.15, 0.2) is 24.3 Å². The molecule has 21 heavy (non-hydrogen) atoms. The topological polar surface area (TPSA) is 61.4 Å². The molecule has 0 spiro atoms. The van der Waals surface area contributed by atoms with E-state index in [1.54, 1.807) is 6.92 Å². The molecule has 0 bridgehead atoms. The molecule has 3 atom stereocenters. The van der Waals surface area contributed by atoms with Gasteiger partial charge in [-0.1, -0.05) is 48.8 Å². The third kappa shape index (κ3) is 5.77. The molecule has 118 valence electrons. The van der Waals surface area contributed by atoms with Crippen molar-refractivity contribution in [3.8, 4) is 0 Å². The first-order chi connectivity index (χ1) is 9.85. The minimum absolute atomic E-state index is 0.0819. The SMILES string of the molecule is CC(C)[C@H](C)[C@H](O)N[C@@H](C)C(=O)Nc1ccc(CBr)cc1. The second-order valence-corrected chi connectivity index (χ2v) is 6.32. The largest absolute Gasteiger partial charge is 0.378 e. The Hall–Kier alpha value is -0.910. The van der Waals surface area contributed by atoms with E-state index in [0.29, 0.717) is 5.92 Å². The predicted molar refractivity (Wildman–Crippen MR) is 90.3 cm³/mol. The van der Waals surface area contributed by atoms with Crippen molar-refractivity contribution in [2.75, 3.05) is 5.32 Å². The van der Waals surface area contributed by atoms with Crippen molar-refractivity contribution in [1.29, 1.82) is 0 Å². The second kappa shape index (κ2) is 8.51. The molecule has 1 amide bonds. The summed E-state index contributed by atoms with van der Waals surface area (Å²) in [7, 11) is 0. The first kappa shape index (κ1) is 18.1. The predicted octanol–water partition coefficient (Wildman–Crippen LogP) is 3.11. The maximum atomic E-state index is 12.1. The summed E-state index contributed by atoms with van der Waals surface area (Å²) in [6.07, 6.45) is -0.693. The maximum absolute atomic E-state index is 12.1. The number of benzene rings is 1. The zero-order valence-electron chi connectivity index (χ0n) is 13.1. The molecule has 5 heteroatoms. The van der Waals surface area contributed by atoms with Crippen molar-refractivity contribution in [3.63, 3.8) is 0 Å². The van der Waals surface area contributed by atoms with Crippen LogP contribution in [0.4, 0.5) is 5.69 Å². The number of hydrogen-bond donors (Lipinski definition) is 3. The van der Waals surface area contributed by atoms with E-state index >= 15 is 0 Å². The number of nitrogens with one attached hydrogen (secondary N) is 2. The minimum Gasteiger partial charge on any atom is -0.378 e. The summed E-state index contributed by atoms with van der Waals surface area (Å²) >= 11 is 3.38. The van der Waals surface area contributed by atoms with Crippen LogP contribution in [0.1, 0.15) is 33.3 Å². The number of halogens is 1. The molecule has 1 rings (SSSR count). The van der Waals surface area contributed by atoms with E-state index in [2.05, 4.69) is 26.6 Å². The highest BCUT2D eigenvalue weighted by atomic mass is 79.9. The average molecular weight is 357 g/mol. The van der Waals surface area contributed by atoms with Crippen LogP contribution in [-0.4, -0.2) is 23.3 Å². The van der Waals surface area contributed by atoms with E-state index in [-0.39, 0.29) is 11.8 Å². The molecule has 0 aliphatic rings. The Morgan fingerprint density at radius 2 is 1.76 bits per heavy atom. The van der Waals surface area contributed by atoms with Crippen LogP contribution in [0.2, 0.25) is 0 Å². The fourth-order valence-corrected chi connectivity index (χ4v) is 2.15. The second-order valence-electron chi connectivity index (χ2n) is 5.76. The van der Waals surface area contributed by atoms with Gasteiger partial charge >= 0.3 is 0 Å². The summed E-state index contributed by atoms with van der Waals surface area (Å²) in [6, 6.07) is 7.19. The number of carbonyl (C=O) groups excluding carboxylic acids is 1. The fourth-order valence-electron chi connectivity index (χ4n) is 1.78. The third-order valence-electron chi connectivity index (χ3n) is 3.74. The molecular weight excluding hydrogens is 332 g/mol. The number of amides is 1. The molecule has 1 aromatic carbocycles. The van der Waals surface area contributed by atoms with Gasteiger partial charge in [-0.05, 0) is 36.5 Å². The average Bonchev–Trinajstić information content (AvgIpc) is 2.46. The number of aliphatic hydroxyl groups excluding tert-OH is 1. The van der Waals surface area contributed by atoms with Gasteiger partial charge in [-0.15, -0.1) is 0 Å². The van der Waals surface area contributed by atoms with Gasteiger partial charge in [0.05, 0.1) is 6.04 Å². The maximum Gasteiger partial charge on any atom is 0.241 e. The highest BCUT2D eigenvalue weighted by Gasteiger charge is 2.22. The van der Waals surface area contributed by atoms with Crippen LogP contribution in [0.5, 0.6) is 0 Å². The fraction of sp³-hybridized carbons (Fsp3) is 0.562. The van der Waals surface area contributed by atoms with E-state index < -0.39 is 12.3 Å². The molecular formula is C16H25BrN2O2. The third-order valence-corrected chi connectivity index (χ3v) is 4.39. The highest BCUT2D eigenvalue weighted by molar-refractivity contribution is 9.08. The Balaban J connectivity index is 2.53. The molecule has 0 saturated carbocycles. The molecule has 0 aromatic heterocycles. The van der Waals surface area contributed by atoms with E-state index in [9.17, 15) is 9.90 Å². The zero-order chi connectivity index (χ0) is 16.0. The van der Waals surface area contributed by atoms with Crippen LogP contribution in [0, 0.1) is 11.8 Å². The van der Waals surface area contributed by atoms with Crippen molar-refractivity contribution in [2.24, 2.45) is 11.8 Å². The van der Waals surface area contributed by atoms with Crippen LogP contribution in [-0.2, 0) is 10.1 Å². The normalized spacial score (nSPS) is 15.6. The van der Waals surface area contributed by atoms with Crippen LogP contribution in [0.3, 0.4) is 0 Å². The number of aliphatic hydroxyl groups is 1. The first-order valence-electron chi connectivity index (χ1n) is 7.25. The molecule has 0 aliphatic heterocycles. The summed E-state index contributed by atoms with van der Waals surface area (Å²) in [5.41, 5.74) is 1.91. The number of rotatable bonds is 7. The molecule has 1 aromatic rings. The van der Waals surface area contributed by atoms with E-state index in [1.807, 2.05) is 45.0 Å². The smallest absolute Gasteiger partial charge is 0.241 e. The number of carbonyl (C=O) groups is 1. The van der Waals surface area contributed by atoms with Crippen LogP contribution in [0.25, 0.3) is 0 Å². The van der Waals surface area contributed by atoms with Gasteiger partial charge in [0.25, 0.3) is 0 Å². The van der Waals surface area contributed by atoms with Gasteiger partial charge in [0.15, 0.2) is 0 Å². The van der Waals surface area contributed by atoms with Gasteiger partial charge in [-0.3, -0.25) is 10.1 Å². The van der Waals surface area contributed by atoms with Gasteiger partial charge in [-0.2, -0.15) is 0 Å². The Morgan fingerprint density at radius 1 is 1.19 bits per heavy atom. The molecule has 0 heterocycles. The molecule has 3 N–H and O–H groups in total. The Bertz CT molecular complexity index is 448.